The van der Waals surface area contributed by atoms with Crippen LogP contribution in [0.5, 0.6) is 0 Å². The Morgan fingerprint density at radius 2 is 1.94 bits per heavy atom. The maximum atomic E-state index is 13.1. The van der Waals surface area contributed by atoms with Gasteiger partial charge in [-0.05, 0) is 43.7 Å². The quantitative estimate of drug-likeness (QED) is 0.581. The summed E-state index contributed by atoms with van der Waals surface area (Å²) in [5, 5.41) is 2.89. The molecule has 2 aliphatic heterocycles. The molecular formula is C22H30N4O5. The van der Waals surface area contributed by atoms with Crippen molar-refractivity contribution in [2.24, 2.45) is 5.92 Å². The summed E-state index contributed by atoms with van der Waals surface area (Å²) in [5.41, 5.74) is -0.347. The average molecular weight is 431 g/mol. The number of hydrogen-bond acceptors (Lipinski definition) is 5. The van der Waals surface area contributed by atoms with Gasteiger partial charge in [-0.3, -0.25) is 14.5 Å². The molecule has 4 amide bonds. The van der Waals surface area contributed by atoms with Crippen LogP contribution in [0.3, 0.4) is 0 Å². The lowest BCUT2D eigenvalue weighted by Gasteiger charge is -2.37. The number of carbonyl (C=O) groups is 4. The summed E-state index contributed by atoms with van der Waals surface area (Å²) in [6, 6.07) is 3.17. The van der Waals surface area contributed by atoms with Gasteiger partial charge in [0.15, 0.2) is 0 Å². The van der Waals surface area contributed by atoms with Gasteiger partial charge in [-0.25, -0.2) is 9.59 Å². The first-order valence-electron chi connectivity index (χ1n) is 11.0. The molecular weight excluding hydrogens is 400 g/mol. The lowest BCUT2D eigenvalue weighted by molar-refractivity contribution is -0.141. The summed E-state index contributed by atoms with van der Waals surface area (Å²) >= 11 is 0. The number of nitrogens with one attached hydrogen (secondary N) is 1. The van der Waals surface area contributed by atoms with Crippen LogP contribution in [-0.2, 0) is 14.3 Å². The van der Waals surface area contributed by atoms with Crippen LogP contribution in [0.2, 0.25) is 0 Å². The Balaban J connectivity index is 1.37. The van der Waals surface area contributed by atoms with Crippen molar-refractivity contribution in [3.8, 4) is 0 Å². The van der Waals surface area contributed by atoms with Gasteiger partial charge in [0.2, 0.25) is 5.91 Å². The molecule has 0 radical (unpaired) electrons. The zero-order chi connectivity index (χ0) is 22.2. The molecule has 0 aromatic carbocycles. The number of methoxy groups -OCH3 is 1. The number of esters is 1. The van der Waals surface area contributed by atoms with E-state index in [-0.39, 0.29) is 36.3 Å². The Hall–Kier alpha value is -2.84. The molecule has 2 unspecified atom stereocenters. The molecule has 0 bridgehead atoms. The van der Waals surface area contributed by atoms with E-state index in [1.54, 1.807) is 11.0 Å². The highest BCUT2D eigenvalue weighted by atomic mass is 16.5. The first kappa shape index (κ1) is 21.4. The first-order chi connectivity index (χ1) is 14.9. The monoisotopic (exact) mass is 430 g/mol. The SMILES string of the molecule is COC(=O)c1cccn1C1CCN(C(=O)CN2C(=O)NC3(CCCCC3C)C2=O)CC1. The van der Waals surface area contributed by atoms with E-state index in [1.165, 1.54) is 7.11 Å². The van der Waals surface area contributed by atoms with Crippen LogP contribution in [0.25, 0.3) is 0 Å². The summed E-state index contributed by atoms with van der Waals surface area (Å²) in [6.07, 6.45) is 6.71. The Labute approximate surface area is 181 Å². The maximum Gasteiger partial charge on any atom is 0.354 e. The van der Waals surface area contributed by atoms with E-state index in [2.05, 4.69) is 5.32 Å². The third kappa shape index (κ3) is 3.70. The van der Waals surface area contributed by atoms with E-state index in [4.69, 9.17) is 4.74 Å². The largest absolute Gasteiger partial charge is 0.464 e. The Kier molecular flexibility index (Phi) is 5.77. The fourth-order valence-corrected chi connectivity index (χ4v) is 5.26. The number of imide groups is 1. The highest BCUT2D eigenvalue weighted by molar-refractivity contribution is 6.09. The summed E-state index contributed by atoms with van der Waals surface area (Å²) in [5.74, 6) is -0.793. The Morgan fingerprint density at radius 3 is 2.61 bits per heavy atom. The second-order valence-electron chi connectivity index (χ2n) is 8.84. The van der Waals surface area contributed by atoms with Gasteiger partial charge in [0.1, 0.15) is 17.8 Å². The molecule has 1 aromatic rings. The number of aromatic nitrogens is 1. The van der Waals surface area contributed by atoms with Crippen molar-refractivity contribution in [1.29, 1.82) is 0 Å². The molecule has 2 atom stereocenters. The van der Waals surface area contributed by atoms with Crippen molar-refractivity contribution in [3.05, 3.63) is 24.0 Å². The van der Waals surface area contributed by atoms with Crippen LogP contribution in [0.1, 0.15) is 62.0 Å². The third-order valence-electron chi connectivity index (χ3n) is 7.18. The van der Waals surface area contributed by atoms with Gasteiger partial charge >= 0.3 is 12.0 Å². The zero-order valence-corrected chi connectivity index (χ0v) is 18.1. The van der Waals surface area contributed by atoms with E-state index in [9.17, 15) is 19.2 Å². The minimum atomic E-state index is -0.846. The van der Waals surface area contributed by atoms with Crippen molar-refractivity contribution < 1.29 is 23.9 Å². The van der Waals surface area contributed by atoms with Gasteiger partial charge in [0.25, 0.3) is 5.91 Å². The molecule has 3 aliphatic rings. The van der Waals surface area contributed by atoms with E-state index in [1.807, 2.05) is 23.8 Å². The molecule has 3 fully saturated rings. The Morgan fingerprint density at radius 1 is 1.19 bits per heavy atom. The van der Waals surface area contributed by atoms with E-state index in [0.717, 1.165) is 24.2 Å². The lowest BCUT2D eigenvalue weighted by Crippen LogP contribution is -2.54. The van der Waals surface area contributed by atoms with Crippen molar-refractivity contribution in [2.75, 3.05) is 26.7 Å². The van der Waals surface area contributed by atoms with Crippen molar-refractivity contribution >= 4 is 23.8 Å². The molecule has 3 heterocycles. The van der Waals surface area contributed by atoms with Crippen LogP contribution in [0.4, 0.5) is 4.79 Å². The number of rotatable bonds is 4. The van der Waals surface area contributed by atoms with Crippen molar-refractivity contribution in [3.63, 3.8) is 0 Å². The van der Waals surface area contributed by atoms with Crippen LogP contribution in [0, 0.1) is 5.92 Å². The highest BCUT2D eigenvalue weighted by Gasteiger charge is 2.55. The first-order valence-corrected chi connectivity index (χ1v) is 11.0. The number of piperidine rings is 1. The van der Waals surface area contributed by atoms with E-state index < -0.39 is 11.6 Å². The lowest BCUT2D eigenvalue weighted by atomic mass is 9.73. The summed E-state index contributed by atoms with van der Waals surface area (Å²) < 4.78 is 6.74. The third-order valence-corrected chi connectivity index (χ3v) is 7.18. The number of nitrogens with zero attached hydrogens (tertiary/aromatic N) is 3. The molecule has 1 spiro atoms. The molecule has 9 nitrogen and oxygen atoms in total. The average Bonchev–Trinajstić information content (AvgIpc) is 3.35. The summed E-state index contributed by atoms with van der Waals surface area (Å²) in [7, 11) is 1.36. The second-order valence-corrected chi connectivity index (χ2v) is 8.84. The molecule has 1 saturated carbocycles. The molecule has 1 aliphatic carbocycles. The van der Waals surface area contributed by atoms with Gasteiger partial charge in [-0.15, -0.1) is 0 Å². The molecule has 2 saturated heterocycles. The molecule has 4 rings (SSSR count). The fraction of sp³-hybridized carbons (Fsp3) is 0.636. The molecule has 168 valence electrons. The predicted octanol–water partition coefficient (Wildman–Crippen LogP) is 1.94. The van der Waals surface area contributed by atoms with E-state index >= 15 is 0 Å². The van der Waals surface area contributed by atoms with Gasteiger partial charge in [-0.2, -0.15) is 0 Å². The number of urea groups is 1. The smallest absolute Gasteiger partial charge is 0.354 e. The van der Waals surface area contributed by atoms with Crippen molar-refractivity contribution in [2.45, 2.75) is 57.0 Å². The van der Waals surface area contributed by atoms with Crippen molar-refractivity contribution in [1.82, 2.24) is 19.7 Å². The molecule has 1 N–H and O–H groups in total. The van der Waals surface area contributed by atoms with Gasteiger partial charge in [0, 0.05) is 25.3 Å². The van der Waals surface area contributed by atoms with Gasteiger partial charge in [-0.1, -0.05) is 19.8 Å². The van der Waals surface area contributed by atoms with Crippen LogP contribution < -0.4 is 5.32 Å². The summed E-state index contributed by atoms with van der Waals surface area (Å²) in [4.78, 5) is 53.2. The number of ether oxygens (including phenoxy) is 1. The molecule has 1 aromatic heterocycles. The standard InChI is InChI=1S/C22H30N4O5/c1-15-6-3-4-10-22(15)20(29)26(21(30)23-22)14-18(27)24-12-8-16(9-13-24)25-11-5-7-17(25)19(28)31-2/h5,7,11,15-16H,3-4,6,8-10,12-14H2,1-2H3,(H,23,30). The van der Waals surface area contributed by atoms with Gasteiger partial charge < -0.3 is 19.5 Å². The normalized spacial score (nSPS) is 27.0. The fourth-order valence-electron chi connectivity index (χ4n) is 5.26. The van der Waals surface area contributed by atoms with Crippen LogP contribution in [0.15, 0.2) is 18.3 Å². The number of hydrogen-bond donors (Lipinski definition) is 1. The molecule has 9 heteroatoms. The summed E-state index contributed by atoms with van der Waals surface area (Å²) in [6.45, 7) is 2.79. The number of carbonyl (C=O) groups excluding carboxylic acids is 4. The number of amides is 4. The topological polar surface area (TPSA) is 101 Å². The van der Waals surface area contributed by atoms with Crippen LogP contribution in [-0.4, -0.2) is 70.5 Å². The predicted molar refractivity (Wildman–Crippen MR) is 111 cm³/mol. The van der Waals surface area contributed by atoms with Gasteiger partial charge in [0.05, 0.1) is 7.11 Å². The minimum Gasteiger partial charge on any atom is -0.464 e. The highest BCUT2D eigenvalue weighted by Crippen LogP contribution is 2.38. The second kappa shape index (κ2) is 8.36. The Bertz CT molecular complexity index is 888. The number of likely N-dealkylation sites (tertiary alicyclic amines) is 1. The minimum absolute atomic E-state index is 0.0686. The molecule has 31 heavy (non-hydrogen) atoms. The maximum absolute atomic E-state index is 13.1. The van der Waals surface area contributed by atoms with E-state index in [0.29, 0.717) is 38.0 Å². The van der Waals surface area contributed by atoms with Crippen LogP contribution >= 0.6 is 0 Å². The zero-order valence-electron chi connectivity index (χ0n) is 18.1.